The van der Waals surface area contributed by atoms with Gasteiger partial charge in [-0.25, -0.2) is 0 Å². The Morgan fingerprint density at radius 2 is 1.79 bits per heavy atom. The van der Waals surface area contributed by atoms with Gasteiger partial charge in [0.25, 0.3) is 0 Å². The van der Waals surface area contributed by atoms with Crippen LogP contribution >= 0.6 is 11.8 Å². The number of benzene rings is 2. The number of carbonyl (C=O) groups is 1. The third-order valence-corrected chi connectivity index (χ3v) is 5.54. The highest BCUT2D eigenvalue weighted by Gasteiger charge is 2.15. The molecule has 0 aliphatic carbocycles. The molecule has 0 fully saturated rings. The first kappa shape index (κ1) is 20.9. The average molecular weight is 411 g/mol. The summed E-state index contributed by atoms with van der Waals surface area (Å²) < 4.78 is 7.22. The van der Waals surface area contributed by atoms with Gasteiger partial charge in [0.05, 0.1) is 12.9 Å². The topological polar surface area (TPSA) is 69.0 Å². The van der Waals surface area contributed by atoms with E-state index in [2.05, 4.69) is 29.4 Å². The van der Waals surface area contributed by atoms with Crippen molar-refractivity contribution in [3.63, 3.8) is 0 Å². The number of methoxy groups -OCH3 is 1. The molecule has 1 aromatic heterocycles. The highest BCUT2D eigenvalue weighted by Crippen LogP contribution is 2.26. The van der Waals surface area contributed by atoms with Crippen molar-refractivity contribution in [1.82, 2.24) is 14.8 Å². The zero-order valence-electron chi connectivity index (χ0n) is 17.2. The van der Waals surface area contributed by atoms with Crippen LogP contribution in [0.4, 0.5) is 5.69 Å². The molecule has 3 rings (SSSR count). The van der Waals surface area contributed by atoms with Crippen molar-refractivity contribution in [1.29, 1.82) is 0 Å². The van der Waals surface area contributed by atoms with Crippen molar-refractivity contribution in [3.8, 4) is 17.1 Å². The van der Waals surface area contributed by atoms with Crippen molar-refractivity contribution in [2.75, 3.05) is 18.2 Å². The monoisotopic (exact) mass is 410 g/mol. The van der Waals surface area contributed by atoms with E-state index in [9.17, 15) is 4.79 Å². The van der Waals surface area contributed by atoms with E-state index in [-0.39, 0.29) is 11.7 Å². The van der Waals surface area contributed by atoms with Crippen LogP contribution in [-0.4, -0.2) is 33.5 Å². The maximum absolute atomic E-state index is 12.3. The Hall–Kier alpha value is -2.80. The van der Waals surface area contributed by atoms with E-state index in [1.54, 1.807) is 7.11 Å². The molecule has 0 spiro atoms. The molecule has 2 aromatic carbocycles. The molecule has 1 heterocycles. The van der Waals surface area contributed by atoms with Gasteiger partial charge in [0.15, 0.2) is 11.0 Å². The lowest BCUT2D eigenvalue weighted by molar-refractivity contribution is -0.113. The Labute approximate surface area is 175 Å². The zero-order chi connectivity index (χ0) is 20.8. The van der Waals surface area contributed by atoms with Gasteiger partial charge in [0.2, 0.25) is 5.91 Å². The molecule has 6 nitrogen and oxygen atoms in total. The number of ether oxygens (including phenoxy) is 1. The first-order chi connectivity index (χ1) is 14.0. The van der Waals surface area contributed by atoms with E-state index in [4.69, 9.17) is 4.74 Å². The molecular weight excluding hydrogens is 384 g/mol. The van der Waals surface area contributed by atoms with Gasteiger partial charge in [0.1, 0.15) is 5.75 Å². The number of anilines is 1. The van der Waals surface area contributed by atoms with Crippen LogP contribution < -0.4 is 10.1 Å². The summed E-state index contributed by atoms with van der Waals surface area (Å²) >= 11 is 1.38. The lowest BCUT2D eigenvalue weighted by Gasteiger charge is -2.09. The second kappa shape index (κ2) is 9.60. The summed E-state index contributed by atoms with van der Waals surface area (Å²) in [5, 5.41) is 12.3. The summed E-state index contributed by atoms with van der Waals surface area (Å²) in [6, 6.07) is 15.7. The van der Waals surface area contributed by atoms with Crippen LogP contribution in [0.5, 0.6) is 5.75 Å². The number of nitrogens with one attached hydrogen (secondary N) is 1. The molecule has 0 saturated heterocycles. The van der Waals surface area contributed by atoms with Gasteiger partial charge in [-0.2, -0.15) is 0 Å². The van der Waals surface area contributed by atoms with Crippen LogP contribution in [0.15, 0.2) is 53.7 Å². The van der Waals surface area contributed by atoms with Gasteiger partial charge in [-0.1, -0.05) is 37.7 Å². The first-order valence-corrected chi connectivity index (χ1v) is 10.6. The number of hydrogen-bond acceptors (Lipinski definition) is 5. The van der Waals surface area contributed by atoms with Crippen LogP contribution in [0.2, 0.25) is 0 Å². The minimum Gasteiger partial charge on any atom is -0.497 e. The van der Waals surface area contributed by atoms with Crippen molar-refractivity contribution in [2.24, 2.45) is 0 Å². The van der Waals surface area contributed by atoms with Crippen molar-refractivity contribution < 1.29 is 9.53 Å². The number of thioether (sulfide) groups is 1. The van der Waals surface area contributed by atoms with Crippen LogP contribution in [0.25, 0.3) is 11.4 Å². The number of nitrogens with zero attached hydrogens (tertiary/aromatic N) is 3. The van der Waals surface area contributed by atoms with E-state index in [0.717, 1.165) is 34.5 Å². The van der Waals surface area contributed by atoms with E-state index >= 15 is 0 Å². The fourth-order valence-electron chi connectivity index (χ4n) is 2.91. The van der Waals surface area contributed by atoms with Gasteiger partial charge < -0.3 is 14.6 Å². The number of amides is 1. The minimum absolute atomic E-state index is 0.0658. The lowest BCUT2D eigenvalue weighted by Crippen LogP contribution is -2.14. The quantitative estimate of drug-likeness (QED) is 0.539. The summed E-state index contributed by atoms with van der Waals surface area (Å²) in [6.07, 6.45) is 0. The average Bonchev–Trinajstić information content (AvgIpc) is 3.15. The molecule has 7 heteroatoms. The summed E-state index contributed by atoms with van der Waals surface area (Å²) in [5.41, 5.74) is 3.01. The Kier molecular flexibility index (Phi) is 6.93. The van der Waals surface area contributed by atoms with Crippen LogP contribution in [0, 0.1) is 0 Å². The van der Waals surface area contributed by atoms with Crippen molar-refractivity contribution in [3.05, 3.63) is 54.1 Å². The molecule has 0 unspecified atom stereocenters. The van der Waals surface area contributed by atoms with Crippen LogP contribution in [0.3, 0.4) is 0 Å². The number of rotatable bonds is 8. The van der Waals surface area contributed by atoms with E-state index in [0.29, 0.717) is 5.92 Å². The summed E-state index contributed by atoms with van der Waals surface area (Å²) in [5.74, 6) is 2.25. The van der Waals surface area contributed by atoms with Gasteiger partial charge in [-0.3, -0.25) is 4.79 Å². The van der Waals surface area contributed by atoms with Gasteiger partial charge in [-0.15, -0.1) is 10.2 Å². The van der Waals surface area contributed by atoms with Gasteiger partial charge >= 0.3 is 0 Å². The number of carbonyl (C=O) groups excluding carboxylic acids is 1. The maximum atomic E-state index is 12.3. The number of aromatic nitrogens is 3. The number of hydrogen-bond donors (Lipinski definition) is 1. The summed E-state index contributed by atoms with van der Waals surface area (Å²) in [4.78, 5) is 12.3. The SMILES string of the molecule is CCn1c(SCC(=O)Nc2ccc(C(C)C)cc2)nnc1-c1ccc(OC)cc1. The molecule has 0 aliphatic heterocycles. The normalized spacial score (nSPS) is 10.9. The highest BCUT2D eigenvalue weighted by atomic mass is 32.2. The Bertz CT molecular complexity index is 950. The van der Waals surface area contributed by atoms with Gasteiger partial charge in [-0.05, 0) is 54.8 Å². The summed E-state index contributed by atoms with van der Waals surface area (Å²) in [6.45, 7) is 7.05. The predicted octanol–water partition coefficient (Wildman–Crippen LogP) is 4.83. The molecule has 152 valence electrons. The van der Waals surface area contributed by atoms with Crippen molar-refractivity contribution in [2.45, 2.75) is 38.4 Å². The molecular formula is C22H26N4O2S. The Morgan fingerprint density at radius 3 is 2.38 bits per heavy atom. The fourth-order valence-corrected chi connectivity index (χ4v) is 3.72. The predicted molar refractivity (Wildman–Crippen MR) is 118 cm³/mol. The Morgan fingerprint density at radius 1 is 1.10 bits per heavy atom. The van der Waals surface area contributed by atoms with Gasteiger partial charge in [0, 0.05) is 17.8 Å². The lowest BCUT2D eigenvalue weighted by atomic mass is 10.0. The zero-order valence-corrected chi connectivity index (χ0v) is 18.0. The second-order valence-electron chi connectivity index (χ2n) is 6.89. The van der Waals surface area contributed by atoms with Crippen LogP contribution in [0.1, 0.15) is 32.3 Å². The molecule has 0 saturated carbocycles. The minimum atomic E-state index is -0.0658. The van der Waals surface area contributed by atoms with E-state index in [1.807, 2.05) is 60.0 Å². The second-order valence-corrected chi connectivity index (χ2v) is 7.84. The van der Waals surface area contributed by atoms with Crippen LogP contribution in [-0.2, 0) is 11.3 Å². The maximum Gasteiger partial charge on any atom is 0.234 e. The molecule has 29 heavy (non-hydrogen) atoms. The molecule has 0 atom stereocenters. The standard InChI is InChI=1S/C22H26N4O2S/c1-5-26-21(17-8-12-19(28-4)13-9-17)24-25-22(26)29-14-20(27)23-18-10-6-16(7-11-18)15(2)3/h6-13,15H,5,14H2,1-4H3,(H,23,27). The third kappa shape index (κ3) is 5.17. The largest absolute Gasteiger partial charge is 0.497 e. The van der Waals surface area contributed by atoms with Crippen molar-refractivity contribution >= 4 is 23.4 Å². The molecule has 0 aliphatic rings. The fraction of sp³-hybridized carbons (Fsp3) is 0.318. The summed E-state index contributed by atoms with van der Waals surface area (Å²) in [7, 11) is 1.64. The smallest absolute Gasteiger partial charge is 0.234 e. The van der Waals surface area contributed by atoms with E-state index in [1.165, 1.54) is 17.3 Å². The molecule has 1 N–H and O–H groups in total. The molecule has 0 bridgehead atoms. The van der Waals surface area contributed by atoms with E-state index < -0.39 is 0 Å². The Balaban J connectivity index is 1.64. The molecule has 3 aromatic rings. The molecule has 0 radical (unpaired) electrons. The first-order valence-electron chi connectivity index (χ1n) is 9.62. The third-order valence-electron chi connectivity index (χ3n) is 4.57. The highest BCUT2D eigenvalue weighted by molar-refractivity contribution is 7.99. The molecule has 1 amide bonds.